The predicted molar refractivity (Wildman–Crippen MR) is 134 cm³/mol. The second-order valence-corrected chi connectivity index (χ2v) is 9.35. The highest BCUT2D eigenvalue weighted by molar-refractivity contribution is 5.99. The van der Waals surface area contributed by atoms with Crippen LogP contribution in [0.2, 0.25) is 0 Å². The standard InChI is InChI=1S/C27H29N3O6/c1-16-11-12-19-7-4-5-10-22(19)29(14-16)15-36-27(33)24-18(3)28-17(2)23(26(31)32)25(24)20-8-6-9-21(13-20)30(34)35/h4-10,13,16,25,28H,11-12,14-15H2,1-3H3,(H,31,32). The maximum Gasteiger partial charge on any atom is 0.338 e. The second-order valence-electron chi connectivity index (χ2n) is 9.35. The van der Waals surface area contributed by atoms with E-state index in [0.717, 1.165) is 18.5 Å². The summed E-state index contributed by atoms with van der Waals surface area (Å²) in [6.45, 7) is 6.16. The summed E-state index contributed by atoms with van der Waals surface area (Å²) in [5.74, 6) is -2.51. The average Bonchev–Trinajstić information content (AvgIpc) is 3.00. The minimum atomic E-state index is -1.22. The Balaban J connectivity index is 1.67. The number of benzene rings is 2. The number of dihydropyridines is 1. The lowest BCUT2D eigenvalue weighted by atomic mass is 9.80. The number of ether oxygens (including phenoxy) is 1. The highest BCUT2D eigenvalue weighted by atomic mass is 16.6. The van der Waals surface area contributed by atoms with Gasteiger partial charge in [-0.05, 0) is 49.8 Å². The summed E-state index contributed by atoms with van der Waals surface area (Å²) in [4.78, 5) is 38.6. The van der Waals surface area contributed by atoms with Gasteiger partial charge < -0.3 is 20.1 Å². The molecule has 0 amide bonds. The fourth-order valence-electron chi connectivity index (χ4n) is 5.03. The molecule has 2 N–H and O–H groups in total. The number of para-hydroxylation sites is 1. The van der Waals surface area contributed by atoms with Crippen LogP contribution >= 0.6 is 0 Å². The highest BCUT2D eigenvalue weighted by Crippen LogP contribution is 2.40. The number of aliphatic carboxylic acids is 1. The largest absolute Gasteiger partial charge is 0.478 e. The zero-order valence-corrected chi connectivity index (χ0v) is 20.5. The summed E-state index contributed by atoms with van der Waals surface area (Å²) in [7, 11) is 0. The molecule has 2 unspecified atom stereocenters. The topological polar surface area (TPSA) is 122 Å². The normalized spacial score (nSPS) is 19.8. The van der Waals surface area contributed by atoms with Crippen molar-refractivity contribution in [1.82, 2.24) is 5.32 Å². The van der Waals surface area contributed by atoms with Gasteiger partial charge in [0.05, 0.1) is 22.0 Å². The molecule has 0 aliphatic carbocycles. The fraction of sp³-hybridized carbons (Fsp3) is 0.333. The Morgan fingerprint density at radius 3 is 2.58 bits per heavy atom. The van der Waals surface area contributed by atoms with Gasteiger partial charge in [-0.2, -0.15) is 0 Å². The first kappa shape index (κ1) is 25.0. The third kappa shape index (κ3) is 4.95. The molecule has 0 spiro atoms. The van der Waals surface area contributed by atoms with Crippen molar-refractivity contribution in [2.45, 2.75) is 39.5 Å². The molecular formula is C27H29N3O6. The molecule has 4 rings (SSSR count). The number of nitrogens with zero attached hydrogens (tertiary/aromatic N) is 2. The number of carboxylic acid groups (broad SMARTS) is 1. The number of hydrogen-bond acceptors (Lipinski definition) is 7. The van der Waals surface area contributed by atoms with Crippen LogP contribution in [0.3, 0.4) is 0 Å². The average molecular weight is 492 g/mol. The van der Waals surface area contributed by atoms with Gasteiger partial charge in [-0.3, -0.25) is 10.1 Å². The van der Waals surface area contributed by atoms with E-state index in [1.54, 1.807) is 19.9 Å². The summed E-state index contributed by atoms with van der Waals surface area (Å²) in [5, 5.41) is 24.4. The van der Waals surface area contributed by atoms with Gasteiger partial charge in [-0.1, -0.05) is 37.3 Å². The number of anilines is 1. The first-order valence-electron chi connectivity index (χ1n) is 11.8. The SMILES string of the molecule is CC1=C(C(=O)O)C(c2cccc([N+](=O)[O-])c2)C(C(=O)OCN2CC(C)CCc3ccccc32)=C(C)N1. The number of carbonyl (C=O) groups excluding carboxylic acids is 1. The van der Waals surface area contributed by atoms with Crippen LogP contribution < -0.4 is 10.2 Å². The molecule has 0 aromatic heterocycles. The lowest BCUT2D eigenvalue weighted by molar-refractivity contribution is -0.384. The predicted octanol–water partition coefficient (Wildman–Crippen LogP) is 4.50. The van der Waals surface area contributed by atoms with Crippen molar-refractivity contribution >= 4 is 23.3 Å². The molecule has 2 atom stereocenters. The van der Waals surface area contributed by atoms with Gasteiger partial charge in [0.1, 0.15) is 0 Å². The molecule has 9 nitrogen and oxygen atoms in total. The van der Waals surface area contributed by atoms with Crippen molar-refractivity contribution in [3.63, 3.8) is 0 Å². The zero-order chi connectivity index (χ0) is 26.0. The minimum Gasteiger partial charge on any atom is -0.478 e. The highest BCUT2D eigenvalue weighted by Gasteiger charge is 2.38. The number of nitrogens with one attached hydrogen (secondary N) is 1. The van der Waals surface area contributed by atoms with Gasteiger partial charge >= 0.3 is 11.9 Å². The van der Waals surface area contributed by atoms with Crippen LogP contribution in [0.5, 0.6) is 0 Å². The van der Waals surface area contributed by atoms with Crippen LogP contribution in [-0.2, 0) is 20.7 Å². The molecular weight excluding hydrogens is 462 g/mol. The van der Waals surface area contributed by atoms with Crippen molar-refractivity contribution in [3.8, 4) is 0 Å². The molecule has 0 saturated carbocycles. The van der Waals surface area contributed by atoms with E-state index in [2.05, 4.69) is 18.3 Å². The number of aryl methyl sites for hydroxylation is 1. The smallest absolute Gasteiger partial charge is 0.338 e. The van der Waals surface area contributed by atoms with Crippen molar-refractivity contribution in [3.05, 3.63) is 92.3 Å². The maximum absolute atomic E-state index is 13.5. The van der Waals surface area contributed by atoms with Crippen LogP contribution in [0.15, 0.2) is 71.1 Å². The van der Waals surface area contributed by atoms with Crippen LogP contribution in [0.1, 0.15) is 44.2 Å². The van der Waals surface area contributed by atoms with Crippen molar-refractivity contribution in [2.24, 2.45) is 5.92 Å². The molecule has 2 heterocycles. The van der Waals surface area contributed by atoms with E-state index in [-0.39, 0.29) is 23.6 Å². The lowest BCUT2D eigenvalue weighted by Gasteiger charge is -2.31. The first-order valence-corrected chi connectivity index (χ1v) is 11.8. The molecule has 2 aromatic rings. The van der Waals surface area contributed by atoms with Crippen molar-refractivity contribution < 1.29 is 24.4 Å². The molecule has 188 valence electrons. The summed E-state index contributed by atoms with van der Waals surface area (Å²) < 4.78 is 5.78. The van der Waals surface area contributed by atoms with E-state index >= 15 is 0 Å². The third-order valence-electron chi connectivity index (χ3n) is 6.75. The van der Waals surface area contributed by atoms with E-state index in [1.165, 1.54) is 23.8 Å². The molecule has 36 heavy (non-hydrogen) atoms. The van der Waals surface area contributed by atoms with E-state index < -0.39 is 22.8 Å². The summed E-state index contributed by atoms with van der Waals surface area (Å²) >= 11 is 0. The Bertz CT molecular complexity index is 1280. The van der Waals surface area contributed by atoms with E-state index in [1.807, 2.05) is 23.1 Å². The zero-order valence-electron chi connectivity index (χ0n) is 20.5. The van der Waals surface area contributed by atoms with Gasteiger partial charge in [0.15, 0.2) is 6.73 Å². The maximum atomic E-state index is 13.5. The van der Waals surface area contributed by atoms with Crippen LogP contribution in [0.25, 0.3) is 0 Å². The van der Waals surface area contributed by atoms with Gasteiger partial charge in [-0.15, -0.1) is 0 Å². The number of carbonyl (C=O) groups is 2. The van der Waals surface area contributed by atoms with Crippen molar-refractivity contribution in [1.29, 1.82) is 0 Å². The number of fused-ring (bicyclic) bond motifs is 1. The molecule has 9 heteroatoms. The number of esters is 1. The van der Waals surface area contributed by atoms with Gasteiger partial charge in [-0.25, -0.2) is 9.59 Å². The Kier molecular flexibility index (Phi) is 7.10. The van der Waals surface area contributed by atoms with Gasteiger partial charge in [0, 0.05) is 35.8 Å². The fourth-order valence-corrected chi connectivity index (χ4v) is 5.03. The molecule has 0 radical (unpaired) electrons. The van der Waals surface area contributed by atoms with Crippen LogP contribution in [0.4, 0.5) is 11.4 Å². The number of nitro benzene ring substituents is 1. The number of allylic oxidation sites excluding steroid dienone is 2. The molecule has 0 fully saturated rings. The van der Waals surface area contributed by atoms with Crippen molar-refractivity contribution in [2.75, 3.05) is 18.2 Å². The molecule has 0 saturated heterocycles. The molecule has 2 aromatic carbocycles. The van der Waals surface area contributed by atoms with Gasteiger partial charge in [0.2, 0.25) is 0 Å². The Morgan fingerprint density at radius 1 is 1.14 bits per heavy atom. The van der Waals surface area contributed by atoms with Crippen LogP contribution in [-0.4, -0.2) is 35.2 Å². The number of hydrogen-bond donors (Lipinski definition) is 2. The summed E-state index contributed by atoms with van der Waals surface area (Å²) in [6.07, 6.45) is 1.97. The minimum absolute atomic E-state index is 0.00370. The van der Waals surface area contributed by atoms with E-state index in [4.69, 9.17) is 4.74 Å². The van der Waals surface area contributed by atoms with Gasteiger partial charge in [0.25, 0.3) is 5.69 Å². The summed E-state index contributed by atoms with van der Waals surface area (Å²) in [5.41, 5.74) is 3.23. The second kappa shape index (κ2) is 10.2. The third-order valence-corrected chi connectivity index (χ3v) is 6.75. The van der Waals surface area contributed by atoms with E-state index in [9.17, 15) is 24.8 Å². The Morgan fingerprint density at radius 2 is 1.86 bits per heavy atom. The number of non-ortho nitro benzene ring substituents is 1. The molecule has 2 aliphatic rings. The van der Waals surface area contributed by atoms with E-state index in [0.29, 0.717) is 29.4 Å². The lowest BCUT2D eigenvalue weighted by Crippen LogP contribution is -2.35. The first-order chi connectivity index (χ1) is 17.2. The quantitative estimate of drug-likeness (QED) is 0.344. The number of carboxylic acids is 1. The Labute approximate surface area is 209 Å². The molecule has 0 bridgehead atoms. The number of rotatable bonds is 6. The monoisotopic (exact) mass is 491 g/mol. The number of nitro groups is 1. The van der Waals surface area contributed by atoms with Crippen LogP contribution in [0, 0.1) is 16.0 Å². The summed E-state index contributed by atoms with van der Waals surface area (Å²) in [6, 6.07) is 13.7. The molecule has 2 aliphatic heterocycles. The Hall–Kier alpha value is -4.14.